The predicted octanol–water partition coefficient (Wildman–Crippen LogP) is 3.66. The zero-order valence-corrected chi connectivity index (χ0v) is 18.7. The van der Waals surface area contributed by atoms with Crippen molar-refractivity contribution in [2.45, 2.75) is 32.2 Å². The summed E-state index contributed by atoms with van der Waals surface area (Å²) >= 11 is 1.32. The fourth-order valence-electron chi connectivity index (χ4n) is 4.92. The number of aromatic nitrogens is 2. The first-order valence-electron chi connectivity index (χ1n) is 10.9. The van der Waals surface area contributed by atoms with Gasteiger partial charge in [-0.15, -0.1) is 11.3 Å². The summed E-state index contributed by atoms with van der Waals surface area (Å²) in [5, 5.41) is 1.77. The number of benzene rings is 1. The van der Waals surface area contributed by atoms with Crippen LogP contribution in [0.4, 0.5) is 0 Å². The van der Waals surface area contributed by atoms with E-state index in [1.165, 1.54) is 18.3 Å². The minimum atomic E-state index is -0.0243. The second kappa shape index (κ2) is 8.43. The fraction of sp³-hybridized carbons (Fsp3) is 0.375. The van der Waals surface area contributed by atoms with Crippen molar-refractivity contribution in [3.05, 3.63) is 58.0 Å². The maximum Gasteiger partial charge on any atom is 0.254 e. The maximum absolute atomic E-state index is 13.4. The summed E-state index contributed by atoms with van der Waals surface area (Å²) in [6.07, 6.45) is 5.97. The van der Waals surface area contributed by atoms with Crippen molar-refractivity contribution in [2.75, 3.05) is 19.6 Å². The number of nitrogens with zero attached hydrogens (tertiary/aromatic N) is 4. The number of carbonyl (C=O) groups is 3. The van der Waals surface area contributed by atoms with Gasteiger partial charge in [0.15, 0.2) is 5.78 Å². The van der Waals surface area contributed by atoms with Crippen LogP contribution in [0.1, 0.15) is 56.6 Å². The van der Waals surface area contributed by atoms with Crippen molar-refractivity contribution in [3.8, 4) is 0 Å². The van der Waals surface area contributed by atoms with Gasteiger partial charge in [-0.25, -0.2) is 0 Å². The van der Waals surface area contributed by atoms with Crippen molar-refractivity contribution in [3.63, 3.8) is 0 Å². The summed E-state index contributed by atoms with van der Waals surface area (Å²) in [5.41, 5.74) is 2.70. The highest BCUT2D eigenvalue weighted by atomic mass is 32.1. The summed E-state index contributed by atoms with van der Waals surface area (Å²) < 4.78 is 0. The molecule has 164 valence electrons. The van der Waals surface area contributed by atoms with E-state index in [9.17, 15) is 14.4 Å². The molecule has 2 saturated heterocycles. The van der Waals surface area contributed by atoms with Gasteiger partial charge in [0, 0.05) is 49.0 Å². The van der Waals surface area contributed by atoms with E-state index in [0.717, 1.165) is 31.3 Å². The number of Topliss-reactive ketones (excluding diaryl/α,β-unsaturated/α-hetero) is 1. The predicted molar refractivity (Wildman–Crippen MR) is 122 cm³/mol. The topological polar surface area (TPSA) is 83.5 Å². The number of likely N-dealkylation sites (tertiary alicyclic amines) is 2. The number of piperidine rings is 2. The Morgan fingerprint density at radius 2 is 1.78 bits per heavy atom. The van der Waals surface area contributed by atoms with E-state index in [2.05, 4.69) is 9.97 Å². The standard InChI is InChI=1S/C24H24N4O3S/c1-15(29)22-12-18(14-32-22)23(30)27-10-6-21-17(13-27)3-2-9-28(21)24(31)16-4-5-19-20(11-16)26-8-7-25-19/h4-5,7-8,11-12,14,17,21H,2-3,6,9-10,13H2,1H3/t17-,21+/m0/s1. The molecule has 2 amide bonds. The minimum absolute atomic E-state index is 0.0196. The third-order valence-electron chi connectivity index (χ3n) is 6.53. The monoisotopic (exact) mass is 448 g/mol. The van der Waals surface area contributed by atoms with Crippen molar-refractivity contribution in [1.82, 2.24) is 19.8 Å². The number of amides is 2. The van der Waals surface area contributed by atoms with E-state index in [1.54, 1.807) is 23.8 Å². The SMILES string of the molecule is CC(=O)c1cc(C(=O)N2CC[C@@H]3[C@@H](CCCN3C(=O)c3ccc4nccnc4c3)C2)cs1. The smallest absolute Gasteiger partial charge is 0.254 e. The number of thiophene rings is 1. The lowest BCUT2D eigenvalue weighted by Crippen LogP contribution is -2.56. The first-order chi connectivity index (χ1) is 15.5. The van der Waals surface area contributed by atoms with Crippen LogP contribution in [0.25, 0.3) is 11.0 Å². The van der Waals surface area contributed by atoms with Crippen LogP contribution in [-0.4, -0.2) is 63.0 Å². The van der Waals surface area contributed by atoms with Crippen LogP contribution in [-0.2, 0) is 0 Å². The summed E-state index contributed by atoms with van der Waals surface area (Å²) in [7, 11) is 0. The van der Waals surface area contributed by atoms with Gasteiger partial charge in [0.05, 0.1) is 21.5 Å². The van der Waals surface area contributed by atoms with Crippen molar-refractivity contribution in [2.24, 2.45) is 5.92 Å². The van der Waals surface area contributed by atoms with Gasteiger partial charge >= 0.3 is 0 Å². The fourth-order valence-corrected chi connectivity index (χ4v) is 5.70. The molecule has 2 aromatic heterocycles. The average Bonchev–Trinajstić information content (AvgIpc) is 3.33. The van der Waals surface area contributed by atoms with Gasteiger partial charge in [-0.2, -0.15) is 0 Å². The Labute approximate surface area is 190 Å². The Morgan fingerprint density at radius 3 is 2.56 bits per heavy atom. The molecule has 1 aromatic carbocycles. The molecule has 4 heterocycles. The number of carbonyl (C=O) groups excluding carboxylic acids is 3. The van der Waals surface area contributed by atoms with Gasteiger partial charge in [-0.05, 0) is 56.4 Å². The molecule has 32 heavy (non-hydrogen) atoms. The van der Waals surface area contributed by atoms with E-state index in [1.807, 2.05) is 28.0 Å². The maximum atomic E-state index is 13.4. The molecule has 0 bridgehead atoms. The summed E-state index contributed by atoms with van der Waals surface area (Å²) in [6, 6.07) is 7.31. The molecule has 2 atom stereocenters. The molecule has 0 aliphatic carbocycles. The number of fused-ring (bicyclic) bond motifs is 2. The highest BCUT2D eigenvalue weighted by Crippen LogP contribution is 2.33. The molecule has 0 saturated carbocycles. The average molecular weight is 449 g/mol. The summed E-state index contributed by atoms with van der Waals surface area (Å²) in [6.45, 7) is 3.50. The van der Waals surface area contributed by atoms with Gasteiger partial charge in [0.1, 0.15) is 0 Å². The van der Waals surface area contributed by atoms with Crippen LogP contribution < -0.4 is 0 Å². The summed E-state index contributed by atoms with van der Waals surface area (Å²) in [4.78, 5) is 51.0. The third kappa shape index (κ3) is 3.79. The van der Waals surface area contributed by atoms with Crippen LogP contribution in [0.3, 0.4) is 0 Å². The Morgan fingerprint density at radius 1 is 0.969 bits per heavy atom. The first kappa shape index (κ1) is 20.8. The van der Waals surface area contributed by atoms with E-state index in [-0.39, 0.29) is 29.6 Å². The molecule has 7 nitrogen and oxygen atoms in total. The first-order valence-corrected chi connectivity index (χ1v) is 11.8. The summed E-state index contributed by atoms with van der Waals surface area (Å²) in [5.74, 6) is 0.241. The Hall–Kier alpha value is -3.13. The highest BCUT2D eigenvalue weighted by molar-refractivity contribution is 7.12. The van der Waals surface area contributed by atoms with Crippen LogP contribution in [0.15, 0.2) is 42.0 Å². The zero-order valence-electron chi connectivity index (χ0n) is 17.9. The van der Waals surface area contributed by atoms with Crippen molar-refractivity contribution >= 4 is 40.0 Å². The van der Waals surface area contributed by atoms with Crippen LogP contribution >= 0.6 is 11.3 Å². The second-order valence-corrected chi connectivity index (χ2v) is 9.43. The lowest BCUT2D eigenvalue weighted by atomic mass is 9.83. The molecular weight excluding hydrogens is 424 g/mol. The van der Waals surface area contributed by atoms with Gasteiger partial charge < -0.3 is 9.80 Å². The number of ketones is 1. The molecule has 2 aliphatic heterocycles. The van der Waals surface area contributed by atoms with E-state index in [4.69, 9.17) is 0 Å². The lowest BCUT2D eigenvalue weighted by molar-refractivity contribution is 0.0198. The number of hydrogen-bond acceptors (Lipinski definition) is 6. The van der Waals surface area contributed by atoms with Crippen LogP contribution in [0.5, 0.6) is 0 Å². The van der Waals surface area contributed by atoms with Gasteiger partial charge in [-0.3, -0.25) is 24.4 Å². The molecule has 2 aliphatic rings. The zero-order chi connectivity index (χ0) is 22.2. The van der Waals surface area contributed by atoms with Crippen LogP contribution in [0.2, 0.25) is 0 Å². The van der Waals surface area contributed by atoms with E-state index < -0.39 is 0 Å². The quantitative estimate of drug-likeness (QED) is 0.571. The Bertz CT molecular complexity index is 1210. The van der Waals surface area contributed by atoms with Gasteiger partial charge in [-0.1, -0.05) is 0 Å². The third-order valence-corrected chi connectivity index (χ3v) is 7.56. The molecule has 0 spiro atoms. The second-order valence-electron chi connectivity index (χ2n) is 8.52. The molecule has 0 N–H and O–H groups in total. The normalized spacial score (nSPS) is 20.8. The molecule has 8 heteroatoms. The number of hydrogen-bond donors (Lipinski definition) is 0. The van der Waals surface area contributed by atoms with Gasteiger partial charge in [0.2, 0.25) is 0 Å². The van der Waals surface area contributed by atoms with Crippen molar-refractivity contribution < 1.29 is 14.4 Å². The van der Waals surface area contributed by atoms with E-state index >= 15 is 0 Å². The molecule has 0 unspecified atom stereocenters. The minimum Gasteiger partial charge on any atom is -0.338 e. The molecule has 0 radical (unpaired) electrons. The highest BCUT2D eigenvalue weighted by Gasteiger charge is 2.39. The largest absolute Gasteiger partial charge is 0.338 e. The Balaban J connectivity index is 1.31. The molecule has 3 aromatic rings. The van der Waals surface area contributed by atoms with Gasteiger partial charge in [0.25, 0.3) is 11.8 Å². The molecular formula is C24H24N4O3S. The molecule has 5 rings (SSSR count). The van der Waals surface area contributed by atoms with E-state index in [0.29, 0.717) is 34.6 Å². The Kier molecular flexibility index (Phi) is 5.46. The van der Waals surface area contributed by atoms with Crippen LogP contribution in [0, 0.1) is 5.92 Å². The molecule has 2 fully saturated rings. The number of rotatable bonds is 3. The lowest BCUT2D eigenvalue weighted by Gasteiger charge is -2.47. The van der Waals surface area contributed by atoms with Crippen molar-refractivity contribution in [1.29, 1.82) is 0 Å².